The smallest absolute Gasteiger partial charge is 0.0541 e. The lowest BCUT2D eigenvalue weighted by Crippen LogP contribution is -2.40. The first-order valence-electron chi connectivity index (χ1n) is 7.04. The summed E-state index contributed by atoms with van der Waals surface area (Å²) in [5, 5.41) is 13.1. The standard InChI is InChI=1S/C14H30N2O/c1-12(17)13-6-10-16(11-7-13)9-5-8-15-14(2,3)4/h12-13,15,17H,5-11H2,1-4H3. The summed E-state index contributed by atoms with van der Waals surface area (Å²) < 4.78 is 0. The van der Waals surface area contributed by atoms with E-state index in [9.17, 15) is 5.11 Å². The maximum absolute atomic E-state index is 9.54. The summed E-state index contributed by atoms with van der Waals surface area (Å²) in [5.74, 6) is 0.527. The van der Waals surface area contributed by atoms with Gasteiger partial charge in [0.2, 0.25) is 0 Å². The van der Waals surface area contributed by atoms with Crippen LogP contribution in [-0.2, 0) is 0 Å². The van der Waals surface area contributed by atoms with Gasteiger partial charge in [-0.1, -0.05) is 0 Å². The van der Waals surface area contributed by atoms with Crippen LogP contribution in [0.4, 0.5) is 0 Å². The van der Waals surface area contributed by atoms with Gasteiger partial charge in [0.05, 0.1) is 6.10 Å². The molecule has 0 aromatic carbocycles. The Bertz CT molecular complexity index is 203. The first kappa shape index (κ1) is 14.9. The van der Waals surface area contributed by atoms with Gasteiger partial charge in [-0.2, -0.15) is 0 Å². The third-order valence-corrected chi connectivity index (χ3v) is 3.62. The van der Waals surface area contributed by atoms with Crippen molar-refractivity contribution < 1.29 is 5.11 Å². The van der Waals surface area contributed by atoms with Gasteiger partial charge in [0.15, 0.2) is 0 Å². The van der Waals surface area contributed by atoms with Crippen molar-refractivity contribution >= 4 is 0 Å². The highest BCUT2D eigenvalue weighted by Crippen LogP contribution is 2.20. The minimum Gasteiger partial charge on any atom is -0.393 e. The molecule has 17 heavy (non-hydrogen) atoms. The highest BCUT2D eigenvalue weighted by molar-refractivity contribution is 4.76. The van der Waals surface area contributed by atoms with Crippen molar-refractivity contribution in [2.75, 3.05) is 26.2 Å². The van der Waals surface area contributed by atoms with Crippen LogP contribution in [0.1, 0.15) is 47.0 Å². The summed E-state index contributed by atoms with van der Waals surface area (Å²) >= 11 is 0. The number of nitrogens with one attached hydrogen (secondary N) is 1. The van der Waals surface area contributed by atoms with Gasteiger partial charge >= 0.3 is 0 Å². The number of aliphatic hydroxyl groups excluding tert-OH is 1. The summed E-state index contributed by atoms with van der Waals surface area (Å²) in [4.78, 5) is 2.53. The zero-order valence-corrected chi connectivity index (χ0v) is 12.0. The quantitative estimate of drug-likeness (QED) is 0.722. The summed E-state index contributed by atoms with van der Waals surface area (Å²) in [6.45, 7) is 13.2. The summed E-state index contributed by atoms with van der Waals surface area (Å²) in [7, 11) is 0. The molecular weight excluding hydrogens is 212 g/mol. The van der Waals surface area contributed by atoms with Crippen molar-refractivity contribution in [2.24, 2.45) is 5.92 Å². The minimum absolute atomic E-state index is 0.125. The highest BCUT2D eigenvalue weighted by atomic mass is 16.3. The zero-order valence-electron chi connectivity index (χ0n) is 12.0. The summed E-state index contributed by atoms with van der Waals surface area (Å²) in [6.07, 6.45) is 3.41. The Morgan fingerprint density at radius 3 is 2.35 bits per heavy atom. The third-order valence-electron chi connectivity index (χ3n) is 3.62. The lowest BCUT2D eigenvalue weighted by atomic mass is 9.92. The van der Waals surface area contributed by atoms with E-state index in [4.69, 9.17) is 0 Å². The number of aliphatic hydroxyl groups is 1. The fraction of sp³-hybridized carbons (Fsp3) is 1.00. The molecule has 0 saturated carbocycles. The molecule has 1 saturated heterocycles. The molecule has 1 unspecified atom stereocenters. The molecule has 1 fully saturated rings. The average molecular weight is 242 g/mol. The van der Waals surface area contributed by atoms with E-state index in [1.165, 1.54) is 13.0 Å². The largest absolute Gasteiger partial charge is 0.393 e. The van der Waals surface area contributed by atoms with Crippen LogP contribution < -0.4 is 5.32 Å². The van der Waals surface area contributed by atoms with Crippen LogP contribution in [0.5, 0.6) is 0 Å². The molecule has 102 valence electrons. The number of nitrogens with zero attached hydrogens (tertiary/aromatic N) is 1. The van der Waals surface area contributed by atoms with Gasteiger partial charge in [-0.05, 0) is 79.1 Å². The van der Waals surface area contributed by atoms with Crippen LogP contribution in [-0.4, -0.2) is 47.8 Å². The van der Waals surface area contributed by atoms with Crippen LogP contribution >= 0.6 is 0 Å². The van der Waals surface area contributed by atoms with E-state index in [1.807, 2.05) is 6.92 Å². The van der Waals surface area contributed by atoms with Crippen molar-refractivity contribution in [2.45, 2.75) is 58.6 Å². The van der Waals surface area contributed by atoms with Crippen molar-refractivity contribution in [3.8, 4) is 0 Å². The van der Waals surface area contributed by atoms with E-state index in [2.05, 4.69) is 31.0 Å². The number of hydrogen-bond donors (Lipinski definition) is 2. The Morgan fingerprint density at radius 1 is 1.29 bits per heavy atom. The lowest BCUT2D eigenvalue weighted by molar-refractivity contribution is 0.0714. The molecule has 0 aromatic heterocycles. The van der Waals surface area contributed by atoms with Gasteiger partial charge in [-0.15, -0.1) is 0 Å². The van der Waals surface area contributed by atoms with E-state index in [-0.39, 0.29) is 11.6 Å². The van der Waals surface area contributed by atoms with Crippen LogP contribution in [0.3, 0.4) is 0 Å². The molecule has 1 heterocycles. The van der Waals surface area contributed by atoms with Gasteiger partial charge in [-0.3, -0.25) is 0 Å². The predicted octanol–water partition coefficient (Wildman–Crippen LogP) is 1.86. The molecule has 0 bridgehead atoms. The van der Waals surface area contributed by atoms with Gasteiger partial charge in [0.1, 0.15) is 0 Å². The molecule has 0 radical (unpaired) electrons. The van der Waals surface area contributed by atoms with E-state index in [0.29, 0.717) is 5.92 Å². The zero-order chi connectivity index (χ0) is 12.9. The van der Waals surface area contributed by atoms with Gasteiger partial charge < -0.3 is 15.3 Å². The maximum atomic E-state index is 9.54. The van der Waals surface area contributed by atoms with Gasteiger partial charge in [0.25, 0.3) is 0 Å². The number of hydrogen-bond acceptors (Lipinski definition) is 3. The van der Waals surface area contributed by atoms with Crippen molar-refractivity contribution in [1.29, 1.82) is 0 Å². The van der Waals surface area contributed by atoms with Gasteiger partial charge in [-0.25, -0.2) is 0 Å². The predicted molar refractivity (Wildman–Crippen MR) is 73.2 cm³/mol. The lowest BCUT2D eigenvalue weighted by Gasteiger charge is -2.33. The summed E-state index contributed by atoms with van der Waals surface area (Å²) in [6, 6.07) is 0. The summed E-state index contributed by atoms with van der Waals surface area (Å²) in [5.41, 5.74) is 0.235. The Kier molecular flexibility index (Phi) is 5.90. The van der Waals surface area contributed by atoms with Crippen molar-refractivity contribution in [1.82, 2.24) is 10.2 Å². The second-order valence-corrected chi connectivity index (χ2v) is 6.45. The average Bonchev–Trinajstić information content (AvgIpc) is 2.24. The fourth-order valence-electron chi connectivity index (χ4n) is 2.42. The molecule has 0 aromatic rings. The number of likely N-dealkylation sites (tertiary alicyclic amines) is 1. The molecule has 1 atom stereocenters. The van der Waals surface area contributed by atoms with E-state index < -0.39 is 0 Å². The van der Waals surface area contributed by atoms with Crippen LogP contribution in [0, 0.1) is 5.92 Å². The maximum Gasteiger partial charge on any atom is 0.0541 e. The fourth-order valence-corrected chi connectivity index (χ4v) is 2.42. The van der Waals surface area contributed by atoms with Crippen LogP contribution in [0.15, 0.2) is 0 Å². The SMILES string of the molecule is CC(O)C1CCN(CCCNC(C)(C)C)CC1. The third kappa shape index (κ3) is 6.39. The molecule has 0 amide bonds. The molecule has 1 aliphatic heterocycles. The van der Waals surface area contributed by atoms with E-state index in [1.54, 1.807) is 0 Å². The molecular formula is C14H30N2O. The molecule has 3 heteroatoms. The van der Waals surface area contributed by atoms with Gasteiger partial charge in [0, 0.05) is 5.54 Å². The first-order chi connectivity index (χ1) is 7.88. The highest BCUT2D eigenvalue weighted by Gasteiger charge is 2.22. The topological polar surface area (TPSA) is 35.5 Å². The molecule has 3 nitrogen and oxygen atoms in total. The van der Waals surface area contributed by atoms with Crippen LogP contribution in [0.25, 0.3) is 0 Å². The molecule has 2 N–H and O–H groups in total. The molecule has 0 spiro atoms. The second-order valence-electron chi connectivity index (χ2n) is 6.45. The Balaban J connectivity index is 2.07. The van der Waals surface area contributed by atoms with Crippen molar-refractivity contribution in [3.63, 3.8) is 0 Å². The van der Waals surface area contributed by atoms with Crippen molar-refractivity contribution in [3.05, 3.63) is 0 Å². The Morgan fingerprint density at radius 2 is 1.88 bits per heavy atom. The monoisotopic (exact) mass is 242 g/mol. The normalized spacial score (nSPS) is 21.7. The number of piperidine rings is 1. The van der Waals surface area contributed by atoms with Crippen LogP contribution in [0.2, 0.25) is 0 Å². The first-order valence-corrected chi connectivity index (χ1v) is 7.04. The number of rotatable bonds is 5. The van der Waals surface area contributed by atoms with E-state index >= 15 is 0 Å². The molecule has 1 aliphatic rings. The molecule has 0 aliphatic carbocycles. The second kappa shape index (κ2) is 6.72. The Labute approximate surface area is 107 Å². The minimum atomic E-state index is -0.125. The Hall–Kier alpha value is -0.120. The molecule has 1 rings (SSSR count). The van der Waals surface area contributed by atoms with E-state index in [0.717, 1.165) is 32.5 Å².